The molecule has 3 rings (SSSR count). The quantitative estimate of drug-likeness (QED) is 0.876. The van der Waals surface area contributed by atoms with Crippen molar-refractivity contribution >= 4 is 33.4 Å². The Morgan fingerprint density at radius 2 is 1.92 bits per heavy atom. The van der Waals surface area contributed by atoms with Crippen LogP contribution in [0.15, 0.2) is 39.8 Å². The van der Waals surface area contributed by atoms with E-state index < -0.39 is 10.0 Å². The SMILES string of the molecule is Cc1cc(NC(=O)C2CCN(S(=O)(=O)c3ccc(Cl)cc3)CC2)on1. The van der Waals surface area contributed by atoms with Crippen molar-refractivity contribution in [3.8, 4) is 0 Å². The number of aromatic nitrogens is 1. The summed E-state index contributed by atoms with van der Waals surface area (Å²) in [7, 11) is -3.57. The lowest BCUT2D eigenvalue weighted by atomic mass is 9.97. The molecule has 0 unspecified atom stereocenters. The van der Waals surface area contributed by atoms with Gasteiger partial charge in [-0.3, -0.25) is 10.1 Å². The highest BCUT2D eigenvalue weighted by Crippen LogP contribution is 2.25. The van der Waals surface area contributed by atoms with Gasteiger partial charge in [-0.25, -0.2) is 8.42 Å². The first-order valence-electron chi connectivity index (χ1n) is 7.86. The van der Waals surface area contributed by atoms with Crippen molar-refractivity contribution in [2.24, 2.45) is 5.92 Å². The van der Waals surface area contributed by atoms with Gasteiger partial charge in [-0.05, 0) is 44.0 Å². The largest absolute Gasteiger partial charge is 0.338 e. The van der Waals surface area contributed by atoms with Crippen LogP contribution >= 0.6 is 11.6 Å². The number of halogens is 1. The van der Waals surface area contributed by atoms with E-state index in [0.29, 0.717) is 42.5 Å². The van der Waals surface area contributed by atoms with Gasteiger partial charge in [0.05, 0.1) is 10.6 Å². The van der Waals surface area contributed by atoms with Crippen LogP contribution in [0.5, 0.6) is 0 Å². The Balaban J connectivity index is 1.61. The molecule has 0 saturated carbocycles. The number of rotatable bonds is 4. The third-order valence-electron chi connectivity index (χ3n) is 4.15. The first kappa shape index (κ1) is 17.9. The Hall–Kier alpha value is -1.90. The van der Waals surface area contributed by atoms with E-state index in [-0.39, 0.29) is 16.7 Å². The van der Waals surface area contributed by atoms with E-state index in [1.807, 2.05) is 0 Å². The van der Waals surface area contributed by atoms with Crippen LogP contribution in [0.1, 0.15) is 18.5 Å². The molecule has 9 heteroatoms. The third kappa shape index (κ3) is 4.02. The van der Waals surface area contributed by atoms with Gasteiger partial charge in [0.25, 0.3) is 0 Å². The van der Waals surface area contributed by atoms with Crippen LogP contribution in [-0.2, 0) is 14.8 Å². The Kier molecular flexibility index (Phi) is 5.12. The van der Waals surface area contributed by atoms with Gasteiger partial charge in [-0.2, -0.15) is 4.31 Å². The van der Waals surface area contributed by atoms with Crippen molar-refractivity contribution < 1.29 is 17.7 Å². The molecular formula is C16H18ClN3O4S. The lowest BCUT2D eigenvalue weighted by Gasteiger charge is -2.30. The highest BCUT2D eigenvalue weighted by atomic mass is 35.5. The van der Waals surface area contributed by atoms with Gasteiger partial charge in [0.2, 0.25) is 21.8 Å². The number of carbonyl (C=O) groups excluding carboxylic acids is 1. The van der Waals surface area contributed by atoms with Crippen LogP contribution < -0.4 is 5.32 Å². The molecule has 1 aromatic heterocycles. The van der Waals surface area contributed by atoms with E-state index in [9.17, 15) is 13.2 Å². The minimum Gasteiger partial charge on any atom is -0.338 e. The van der Waals surface area contributed by atoms with Gasteiger partial charge in [0, 0.05) is 30.1 Å². The van der Waals surface area contributed by atoms with Crippen molar-refractivity contribution in [2.45, 2.75) is 24.7 Å². The van der Waals surface area contributed by atoms with E-state index in [1.54, 1.807) is 25.1 Å². The van der Waals surface area contributed by atoms with Crippen molar-refractivity contribution in [2.75, 3.05) is 18.4 Å². The summed E-state index contributed by atoms with van der Waals surface area (Å²) in [6.45, 7) is 2.34. The average Bonchev–Trinajstić information content (AvgIpc) is 3.00. The minimum atomic E-state index is -3.57. The van der Waals surface area contributed by atoms with Crippen molar-refractivity contribution in [3.05, 3.63) is 41.0 Å². The molecule has 2 heterocycles. The number of benzene rings is 1. The molecule has 1 aromatic carbocycles. The highest BCUT2D eigenvalue weighted by molar-refractivity contribution is 7.89. The standard InChI is InChI=1S/C16H18ClN3O4S/c1-11-10-15(24-19-11)18-16(21)12-6-8-20(9-7-12)25(22,23)14-4-2-13(17)3-5-14/h2-5,10,12H,6-9H2,1H3,(H,18,21). The molecule has 1 aliphatic rings. The maximum absolute atomic E-state index is 12.6. The molecule has 0 atom stereocenters. The number of hydrogen-bond acceptors (Lipinski definition) is 5. The van der Waals surface area contributed by atoms with Crippen LogP contribution in [0.2, 0.25) is 5.02 Å². The number of nitrogens with zero attached hydrogens (tertiary/aromatic N) is 2. The zero-order valence-electron chi connectivity index (χ0n) is 13.6. The molecule has 25 heavy (non-hydrogen) atoms. The van der Waals surface area contributed by atoms with E-state index in [2.05, 4.69) is 10.5 Å². The predicted octanol–water partition coefficient (Wildman–Crippen LogP) is 2.68. The number of sulfonamides is 1. The van der Waals surface area contributed by atoms with Gasteiger partial charge in [-0.15, -0.1) is 0 Å². The second-order valence-corrected chi connectivity index (χ2v) is 8.33. The Morgan fingerprint density at radius 1 is 1.28 bits per heavy atom. The molecule has 1 amide bonds. The summed E-state index contributed by atoms with van der Waals surface area (Å²) in [6.07, 6.45) is 0.900. The van der Waals surface area contributed by atoms with E-state index >= 15 is 0 Å². The van der Waals surface area contributed by atoms with Gasteiger partial charge < -0.3 is 4.52 Å². The zero-order chi connectivity index (χ0) is 18.0. The van der Waals surface area contributed by atoms with Gasteiger partial charge in [-0.1, -0.05) is 16.8 Å². The lowest BCUT2D eigenvalue weighted by Crippen LogP contribution is -2.41. The first-order valence-corrected chi connectivity index (χ1v) is 9.68. The summed E-state index contributed by atoms with van der Waals surface area (Å²) < 4.78 is 31.6. The Labute approximate surface area is 151 Å². The van der Waals surface area contributed by atoms with Crippen molar-refractivity contribution in [3.63, 3.8) is 0 Å². The number of anilines is 1. The van der Waals surface area contributed by atoms with Gasteiger partial charge in [0.1, 0.15) is 0 Å². The molecule has 2 aromatic rings. The predicted molar refractivity (Wildman–Crippen MR) is 92.8 cm³/mol. The molecule has 7 nitrogen and oxygen atoms in total. The number of amides is 1. The topological polar surface area (TPSA) is 92.5 Å². The van der Waals surface area contributed by atoms with E-state index in [4.69, 9.17) is 16.1 Å². The first-order chi connectivity index (χ1) is 11.9. The molecule has 0 spiro atoms. The number of aryl methyl sites for hydroxylation is 1. The second-order valence-electron chi connectivity index (χ2n) is 5.95. The monoisotopic (exact) mass is 383 g/mol. The molecule has 1 N–H and O–H groups in total. The normalized spacial score (nSPS) is 16.7. The Morgan fingerprint density at radius 3 is 2.48 bits per heavy atom. The third-order valence-corrected chi connectivity index (χ3v) is 6.32. The zero-order valence-corrected chi connectivity index (χ0v) is 15.2. The summed E-state index contributed by atoms with van der Waals surface area (Å²) in [5.74, 6) is -0.138. The van der Waals surface area contributed by atoms with Crippen LogP contribution in [0.4, 0.5) is 5.88 Å². The summed E-state index contributed by atoms with van der Waals surface area (Å²) in [6, 6.07) is 7.71. The van der Waals surface area contributed by atoms with Crippen LogP contribution in [0, 0.1) is 12.8 Å². The number of piperidine rings is 1. The van der Waals surface area contributed by atoms with Crippen LogP contribution in [-0.4, -0.2) is 36.9 Å². The molecule has 1 fully saturated rings. The molecule has 1 aliphatic heterocycles. The highest BCUT2D eigenvalue weighted by Gasteiger charge is 2.32. The maximum atomic E-state index is 12.6. The van der Waals surface area contributed by atoms with Crippen molar-refractivity contribution in [1.29, 1.82) is 0 Å². The summed E-state index contributed by atoms with van der Waals surface area (Å²) in [5, 5.41) is 6.87. The summed E-state index contributed by atoms with van der Waals surface area (Å²) in [4.78, 5) is 12.5. The minimum absolute atomic E-state index is 0.181. The van der Waals surface area contributed by atoms with Crippen LogP contribution in [0.3, 0.4) is 0 Å². The maximum Gasteiger partial charge on any atom is 0.243 e. The number of carbonyl (C=O) groups is 1. The fourth-order valence-corrected chi connectivity index (χ4v) is 4.36. The average molecular weight is 384 g/mol. The second kappa shape index (κ2) is 7.15. The number of nitrogens with one attached hydrogen (secondary N) is 1. The lowest BCUT2D eigenvalue weighted by molar-refractivity contribution is -0.121. The summed E-state index contributed by atoms with van der Waals surface area (Å²) >= 11 is 5.80. The fraction of sp³-hybridized carbons (Fsp3) is 0.375. The fourth-order valence-electron chi connectivity index (χ4n) is 2.76. The molecule has 134 valence electrons. The Bertz CT molecular complexity index is 856. The van der Waals surface area contributed by atoms with E-state index in [1.165, 1.54) is 16.4 Å². The van der Waals surface area contributed by atoms with Crippen molar-refractivity contribution in [1.82, 2.24) is 9.46 Å². The molecule has 0 bridgehead atoms. The molecular weight excluding hydrogens is 366 g/mol. The molecule has 0 aliphatic carbocycles. The van der Waals surface area contributed by atoms with E-state index in [0.717, 1.165) is 0 Å². The smallest absolute Gasteiger partial charge is 0.243 e. The summed E-state index contributed by atoms with van der Waals surface area (Å²) in [5.41, 5.74) is 0.680. The molecule has 1 saturated heterocycles. The van der Waals surface area contributed by atoms with Gasteiger partial charge >= 0.3 is 0 Å². The molecule has 0 radical (unpaired) electrons. The van der Waals surface area contributed by atoms with Gasteiger partial charge in [0.15, 0.2) is 0 Å². The number of hydrogen-bond donors (Lipinski definition) is 1. The van der Waals surface area contributed by atoms with Crippen LogP contribution in [0.25, 0.3) is 0 Å².